The SMILES string of the molecule is O=c1c2ccccc2nc(-c2ccc(OS(=O)(=O)[O-])cc2)n1CCCCCCn1c(-c2ccc(OS(=O)(=O)[O-])cc2)nc2ccccc2c1=O.[Na+].[Na+]. The molecule has 0 atom stereocenters. The number of rotatable bonds is 13. The molecule has 0 aliphatic heterocycles. The van der Waals surface area contributed by atoms with E-state index in [2.05, 4.69) is 8.37 Å². The van der Waals surface area contributed by atoms with Crippen molar-refractivity contribution in [3.05, 3.63) is 118 Å². The summed E-state index contributed by atoms with van der Waals surface area (Å²) in [6.45, 7) is 0.658. The normalized spacial score (nSPS) is 11.5. The molecule has 0 aliphatic carbocycles. The van der Waals surface area contributed by atoms with Crippen molar-refractivity contribution >= 4 is 42.6 Å². The van der Waals surface area contributed by atoms with Crippen LogP contribution in [0.15, 0.2) is 107 Å². The van der Waals surface area contributed by atoms with Crippen molar-refractivity contribution in [1.29, 1.82) is 0 Å². The molecule has 0 fully saturated rings. The molecule has 4 aromatic carbocycles. The molecule has 0 saturated carbocycles. The third kappa shape index (κ3) is 10.2. The number of hydrogen-bond donors (Lipinski definition) is 0. The second-order valence-electron chi connectivity index (χ2n) is 11.3. The van der Waals surface area contributed by atoms with E-state index >= 15 is 0 Å². The third-order valence-corrected chi connectivity index (χ3v) is 8.65. The van der Waals surface area contributed by atoms with E-state index in [9.17, 15) is 35.5 Å². The van der Waals surface area contributed by atoms with Gasteiger partial charge in [-0.15, -0.1) is 0 Å². The number of nitrogens with zero attached hydrogens (tertiary/aromatic N) is 4. The molecule has 0 bridgehead atoms. The van der Waals surface area contributed by atoms with Gasteiger partial charge in [-0.05, 0) is 85.6 Å². The van der Waals surface area contributed by atoms with Crippen molar-refractivity contribution in [1.82, 2.24) is 19.1 Å². The fourth-order valence-corrected chi connectivity index (χ4v) is 6.33. The van der Waals surface area contributed by atoms with Gasteiger partial charge in [-0.2, -0.15) is 0 Å². The van der Waals surface area contributed by atoms with E-state index in [-0.39, 0.29) is 81.7 Å². The quantitative estimate of drug-likeness (QED) is 0.0565. The van der Waals surface area contributed by atoms with Crippen LogP contribution in [0.3, 0.4) is 0 Å². The molecule has 0 radical (unpaired) electrons. The number of aromatic nitrogens is 4. The Morgan fingerprint density at radius 1 is 0.519 bits per heavy atom. The second-order valence-corrected chi connectivity index (χ2v) is 13.2. The van der Waals surface area contributed by atoms with Crippen LogP contribution in [0.5, 0.6) is 11.5 Å². The number of fused-ring (bicyclic) bond motifs is 2. The molecule has 52 heavy (non-hydrogen) atoms. The van der Waals surface area contributed by atoms with Crippen molar-refractivity contribution in [2.45, 2.75) is 38.8 Å². The molecule has 0 saturated heterocycles. The average Bonchev–Trinajstić information content (AvgIpc) is 3.07. The Morgan fingerprint density at radius 3 is 1.21 bits per heavy atom. The smallest absolute Gasteiger partial charge is 0.716 e. The van der Waals surface area contributed by atoms with E-state index in [1.165, 1.54) is 48.5 Å². The molecule has 6 rings (SSSR count). The molecule has 14 nitrogen and oxygen atoms in total. The Morgan fingerprint density at radius 2 is 0.865 bits per heavy atom. The van der Waals surface area contributed by atoms with Crippen LogP contribution in [-0.2, 0) is 33.9 Å². The topological polar surface area (TPSA) is 203 Å². The predicted molar refractivity (Wildman–Crippen MR) is 182 cm³/mol. The van der Waals surface area contributed by atoms with Crippen molar-refractivity contribution in [2.75, 3.05) is 0 Å². The van der Waals surface area contributed by atoms with E-state index in [0.29, 0.717) is 83.4 Å². The summed E-state index contributed by atoms with van der Waals surface area (Å²) in [6.07, 6.45) is 2.61. The molecule has 0 aliphatic rings. The summed E-state index contributed by atoms with van der Waals surface area (Å²) in [6, 6.07) is 25.2. The van der Waals surface area contributed by atoms with E-state index in [1.54, 1.807) is 57.7 Å². The van der Waals surface area contributed by atoms with Gasteiger partial charge in [-0.3, -0.25) is 18.7 Å². The van der Waals surface area contributed by atoms with E-state index in [0.717, 1.165) is 0 Å². The minimum absolute atomic E-state index is 0. The van der Waals surface area contributed by atoms with Crippen LogP contribution < -0.4 is 78.6 Å². The number of para-hydroxylation sites is 2. The van der Waals surface area contributed by atoms with Gasteiger partial charge >= 0.3 is 59.1 Å². The molecule has 6 aromatic rings. The van der Waals surface area contributed by atoms with Crippen molar-refractivity contribution < 1.29 is 93.4 Å². The van der Waals surface area contributed by atoms with E-state index in [1.807, 2.05) is 0 Å². The Kier molecular flexibility index (Phi) is 14.0. The third-order valence-electron chi connectivity index (χ3n) is 7.86. The Balaban J connectivity index is 0.00000302. The van der Waals surface area contributed by atoms with Crippen molar-refractivity contribution in [3.8, 4) is 34.3 Å². The standard InChI is InChI=1S/C34H30N4O10S2.2Na/c39-33-27-9-3-5-11-29(27)35-31(23-13-17-25(18-14-23)47-49(41,42)43)37(33)21-7-1-2-8-22-38-32(36-30-12-6-4-10-28(30)34(38)40)24-15-19-26(20-16-24)48-50(44,45)46;;/h3-6,9-20H,1-2,7-8,21-22H2,(H,41,42,43)(H,44,45,46);;/q;2*+1/p-2. The van der Waals surface area contributed by atoms with Crippen LogP contribution in [-0.4, -0.2) is 45.0 Å². The maximum Gasteiger partial charge on any atom is 1.00 e. The van der Waals surface area contributed by atoms with Crippen LogP contribution in [0.4, 0.5) is 0 Å². The summed E-state index contributed by atoms with van der Waals surface area (Å²) in [4.78, 5) is 36.5. The van der Waals surface area contributed by atoms with Gasteiger partial charge in [0.15, 0.2) is 0 Å². The van der Waals surface area contributed by atoms with Crippen LogP contribution in [0.1, 0.15) is 25.7 Å². The number of unbranched alkanes of at least 4 members (excludes halogenated alkanes) is 3. The predicted octanol–water partition coefficient (Wildman–Crippen LogP) is -1.61. The Labute approximate surface area is 343 Å². The van der Waals surface area contributed by atoms with Gasteiger partial charge < -0.3 is 17.5 Å². The van der Waals surface area contributed by atoms with Gasteiger partial charge in [-0.25, -0.2) is 26.8 Å². The Bertz CT molecular complexity index is 2370. The molecular weight excluding hydrogens is 735 g/mol. The number of benzene rings is 4. The summed E-state index contributed by atoms with van der Waals surface area (Å²) >= 11 is 0. The van der Waals surface area contributed by atoms with Crippen LogP contribution in [0.25, 0.3) is 44.6 Å². The summed E-state index contributed by atoms with van der Waals surface area (Å²) in [7, 11) is -9.90. The van der Waals surface area contributed by atoms with Gasteiger partial charge in [0.1, 0.15) is 23.1 Å². The molecule has 2 aromatic heterocycles. The molecular formula is C34H28N4Na2O10S2. The fraction of sp³-hybridized carbons (Fsp3) is 0.176. The van der Waals surface area contributed by atoms with Crippen molar-refractivity contribution in [2.24, 2.45) is 0 Å². The molecule has 258 valence electrons. The van der Waals surface area contributed by atoms with Crippen molar-refractivity contribution in [3.63, 3.8) is 0 Å². The number of hydrogen-bond acceptors (Lipinski definition) is 12. The molecule has 18 heteroatoms. The average molecular weight is 763 g/mol. The summed E-state index contributed by atoms with van der Waals surface area (Å²) < 4.78 is 77.9. The second kappa shape index (κ2) is 17.6. The minimum Gasteiger partial charge on any atom is -0.716 e. The maximum absolute atomic E-state index is 13.6. The van der Waals surface area contributed by atoms with Gasteiger partial charge in [0.05, 0.1) is 21.8 Å². The van der Waals surface area contributed by atoms with E-state index < -0.39 is 20.8 Å². The molecule has 0 N–H and O–H groups in total. The minimum atomic E-state index is -4.95. The van der Waals surface area contributed by atoms with Gasteiger partial charge in [0.2, 0.25) is 0 Å². The van der Waals surface area contributed by atoms with Gasteiger partial charge in [0, 0.05) is 24.2 Å². The van der Waals surface area contributed by atoms with Crippen LogP contribution in [0.2, 0.25) is 0 Å². The van der Waals surface area contributed by atoms with Crippen LogP contribution in [0, 0.1) is 0 Å². The Hall–Kier alpha value is -3.42. The molecule has 0 spiro atoms. The summed E-state index contributed by atoms with van der Waals surface area (Å²) in [5.41, 5.74) is 1.55. The zero-order valence-electron chi connectivity index (χ0n) is 28.2. The maximum atomic E-state index is 13.6. The zero-order chi connectivity index (χ0) is 35.5. The summed E-state index contributed by atoms with van der Waals surface area (Å²) in [5, 5.41) is 0.886. The van der Waals surface area contributed by atoms with Gasteiger partial charge in [-0.1, -0.05) is 37.1 Å². The monoisotopic (exact) mass is 762 g/mol. The van der Waals surface area contributed by atoms with Gasteiger partial charge in [0.25, 0.3) is 31.9 Å². The molecule has 2 heterocycles. The first kappa shape index (κ1) is 41.3. The largest absolute Gasteiger partial charge is 1.00 e. The first-order valence-electron chi connectivity index (χ1n) is 15.4. The van der Waals surface area contributed by atoms with E-state index in [4.69, 9.17) is 9.97 Å². The molecule has 0 amide bonds. The zero-order valence-corrected chi connectivity index (χ0v) is 33.8. The first-order chi connectivity index (χ1) is 23.9. The van der Waals surface area contributed by atoms with Crippen LogP contribution >= 0.6 is 0 Å². The summed E-state index contributed by atoms with van der Waals surface area (Å²) in [5.74, 6) is 0.409. The fourth-order valence-electron chi connectivity index (χ4n) is 5.64. The molecule has 0 unspecified atom stereocenters. The first-order valence-corrected chi connectivity index (χ1v) is 18.0.